The largest absolute Gasteiger partial charge is 0.496 e. The van der Waals surface area contributed by atoms with Crippen LogP contribution in [0, 0.1) is 5.95 Å². The molecule has 0 saturated heterocycles. The molecule has 32 heavy (non-hydrogen) atoms. The number of rotatable bonds is 6. The topological polar surface area (TPSA) is 63.7 Å². The minimum absolute atomic E-state index is 0.197. The van der Waals surface area contributed by atoms with E-state index in [1.165, 1.54) is 12.3 Å². The van der Waals surface area contributed by atoms with Crippen LogP contribution in [0.1, 0.15) is 52.0 Å². The zero-order valence-electron chi connectivity index (χ0n) is 19.7. The summed E-state index contributed by atoms with van der Waals surface area (Å²) in [5.74, 6) is 0.306. The van der Waals surface area contributed by atoms with Gasteiger partial charge in [-0.3, -0.25) is 0 Å². The van der Waals surface area contributed by atoms with Crippen molar-refractivity contribution in [1.29, 1.82) is 0 Å². The van der Waals surface area contributed by atoms with Crippen LogP contribution >= 0.6 is 0 Å². The smallest absolute Gasteiger partial charge is 0.410 e. The zero-order chi connectivity index (χ0) is 23.3. The lowest BCUT2D eigenvalue weighted by molar-refractivity contribution is 0.0179. The lowest BCUT2D eigenvalue weighted by atomic mass is 9.90. The van der Waals surface area contributed by atoms with Gasteiger partial charge < -0.3 is 19.7 Å². The van der Waals surface area contributed by atoms with Crippen molar-refractivity contribution >= 4 is 6.09 Å². The number of halogens is 1. The average Bonchev–Trinajstić information content (AvgIpc) is 2.76. The van der Waals surface area contributed by atoms with Gasteiger partial charge >= 0.3 is 6.09 Å². The maximum Gasteiger partial charge on any atom is 0.410 e. The first-order valence-electron chi connectivity index (χ1n) is 11.1. The van der Waals surface area contributed by atoms with Crippen LogP contribution in [-0.2, 0) is 11.3 Å². The number of ether oxygens (including phenoxy) is 2. The Kier molecular flexibility index (Phi) is 7.72. The van der Waals surface area contributed by atoms with Crippen LogP contribution < -0.4 is 10.1 Å². The second-order valence-corrected chi connectivity index (χ2v) is 9.37. The van der Waals surface area contributed by atoms with Crippen LogP contribution in [0.15, 0.2) is 36.5 Å². The summed E-state index contributed by atoms with van der Waals surface area (Å²) in [6.07, 6.45) is 5.04. The monoisotopic (exact) mass is 443 g/mol. The highest BCUT2D eigenvalue weighted by molar-refractivity contribution is 5.68. The Bertz CT molecular complexity index is 921. The third-order valence-electron chi connectivity index (χ3n) is 5.85. The molecule has 1 amide bonds. The standard InChI is InChI=1S/C25H34FN3O3/c1-25(2,3)32-24(30)29(4)21-9-7-20(8-10-21)28-16-19-14-17(6-11-22(19)31-5)18-12-13-27-23(26)15-18/h6,11-15,20-21,28H,7-10,16H2,1-5H3. The molecule has 6 nitrogen and oxygen atoms in total. The van der Waals surface area contributed by atoms with Crippen molar-refractivity contribution in [1.82, 2.24) is 15.2 Å². The van der Waals surface area contributed by atoms with Crippen molar-refractivity contribution in [2.24, 2.45) is 0 Å². The summed E-state index contributed by atoms with van der Waals surface area (Å²) in [5.41, 5.74) is 2.24. The molecule has 0 atom stereocenters. The van der Waals surface area contributed by atoms with Crippen molar-refractivity contribution in [3.05, 3.63) is 48.0 Å². The summed E-state index contributed by atoms with van der Waals surface area (Å²) >= 11 is 0. The summed E-state index contributed by atoms with van der Waals surface area (Å²) in [4.78, 5) is 17.7. The number of pyridine rings is 1. The number of benzene rings is 1. The summed E-state index contributed by atoms with van der Waals surface area (Å²) in [7, 11) is 3.48. The van der Waals surface area contributed by atoms with E-state index < -0.39 is 11.5 Å². The Labute approximate surface area is 190 Å². The van der Waals surface area contributed by atoms with Gasteiger partial charge in [-0.15, -0.1) is 0 Å². The number of amides is 1. The number of nitrogens with zero attached hydrogens (tertiary/aromatic N) is 2. The van der Waals surface area contributed by atoms with Crippen molar-refractivity contribution in [2.45, 2.75) is 70.7 Å². The maximum atomic E-state index is 13.5. The van der Waals surface area contributed by atoms with E-state index in [0.29, 0.717) is 12.6 Å². The SMILES string of the molecule is COc1ccc(-c2ccnc(F)c2)cc1CNC1CCC(N(C)C(=O)OC(C)(C)C)CC1. The van der Waals surface area contributed by atoms with Crippen molar-refractivity contribution in [3.63, 3.8) is 0 Å². The quantitative estimate of drug-likeness (QED) is 0.625. The number of hydrogen-bond acceptors (Lipinski definition) is 5. The van der Waals surface area contributed by atoms with Gasteiger partial charge in [0, 0.05) is 43.5 Å². The summed E-state index contributed by atoms with van der Waals surface area (Å²) < 4.78 is 24.6. The minimum atomic E-state index is -0.494. The molecule has 2 aromatic rings. The van der Waals surface area contributed by atoms with Crippen LogP contribution in [0.4, 0.5) is 9.18 Å². The third kappa shape index (κ3) is 6.42. The maximum absolute atomic E-state index is 13.5. The summed E-state index contributed by atoms with van der Waals surface area (Å²) in [5, 5.41) is 3.63. The number of carbonyl (C=O) groups is 1. The molecule has 1 aliphatic rings. The van der Waals surface area contributed by atoms with Gasteiger partial charge in [0.1, 0.15) is 11.4 Å². The Morgan fingerprint density at radius 3 is 2.47 bits per heavy atom. The fourth-order valence-corrected chi connectivity index (χ4v) is 4.08. The fraction of sp³-hybridized carbons (Fsp3) is 0.520. The van der Waals surface area contributed by atoms with Crippen LogP contribution in [0.3, 0.4) is 0 Å². The number of nitrogens with one attached hydrogen (secondary N) is 1. The first-order valence-corrected chi connectivity index (χ1v) is 11.1. The molecule has 174 valence electrons. The van der Waals surface area contributed by atoms with Gasteiger partial charge in [0.25, 0.3) is 0 Å². The molecule has 1 fully saturated rings. The second kappa shape index (κ2) is 10.3. The van der Waals surface area contributed by atoms with Gasteiger partial charge in [-0.25, -0.2) is 9.78 Å². The third-order valence-corrected chi connectivity index (χ3v) is 5.85. The van der Waals surface area contributed by atoms with Crippen molar-refractivity contribution < 1.29 is 18.7 Å². The molecule has 0 unspecified atom stereocenters. The molecule has 1 aromatic carbocycles. The van der Waals surface area contributed by atoms with Crippen molar-refractivity contribution in [2.75, 3.05) is 14.2 Å². The van der Waals surface area contributed by atoms with E-state index in [0.717, 1.165) is 48.1 Å². The Morgan fingerprint density at radius 2 is 1.84 bits per heavy atom. The molecule has 1 aliphatic carbocycles. The van der Waals surface area contributed by atoms with Crippen LogP contribution in [0.25, 0.3) is 11.1 Å². The molecule has 1 aromatic heterocycles. The van der Waals surface area contributed by atoms with Gasteiger partial charge in [-0.2, -0.15) is 4.39 Å². The molecule has 1 N–H and O–H groups in total. The Morgan fingerprint density at radius 1 is 1.16 bits per heavy atom. The molecule has 0 bridgehead atoms. The van der Waals surface area contributed by atoms with E-state index in [9.17, 15) is 9.18 Å². The molecule has 0 spiro atoms. The molecule has 7 heteroatoms. The van der Waals surface area contributed by atoms with E-state index in [1.807, 2.05) is 46.0 Å². The highest BCUT2D eigenvalue weighted by Crippen LogP contribution is 2.28. The normalized spacial score (nSPS) is 18.8. The number of hydrogen-bond donors (Lipinski definition) is 1. The molecule has 0 radical (unpaired) electrons. The van der Waals surface area contributed by atoms with Gasteiger partial charge in [0.05, 0.1) is 7.11 Å². The number of carbonyl (C=O) groups excluding carboxylic acids is 1. The lowest BCUT2D eigenvalue weighted by Gasteiger charge is -2.36. The number of aromatic nitrogens is 1. The second-order valence-electron chi connectivity index (χ2n) is 9.37. The predicted molar refractivity (Wildman–Crippen MR) is 123 cm³/mol. The lowest BCUT2D eigenvalue weighted by Crippen LogP contribution is -2.44. The number of methoxy groups -OCH3 is 1. The van der Waals surface area contributed by atoms with Crippen LogP contribution in [0.2, 0.25) is 0 Å². The minimum Gasteiger partial charge on any atom is -0.496 e. The zero-order valence-corrected chi connectivity index (χ0v) is 19.7. The van der Waals surface area contributed by atoms with Crippen molar-refractivity contribution in [3.8, 4) is 16.9 Å². The van der Waals surface area contributed by atoms with E-state index in [4.69, 9.17) is 9.47 Å². The highest BCUT2D eigenvalue weighted by atomic mass is 19.1. The predicted octanol–water partition coefficient (Wildman–Crippen LogP) is 5.16. The van der Waals surface area contributed by atoms with Crippen LogP contribution in [-0.4, -0.2) is 47.8 Å². The van der Waals surface area contributed by atoms with Gasteiger partial charge in [0.2, 0.25) is 5.95 Å². The fourth-order valence-electron chi connectivity index (χ4n) is 4.08. The first kappa shape index (κ1) is 24.0. The van der Waals surface area contributed by atoms with Gasteiger partial charge in [-0.05, 0) is 75.8 Å². The molecule has 0 aliphatic heterocycles. The van der Waals surface area contributed by atoms with E-state index in [2.05, 4.69) is 10.3 Å². The molecular formula is C25H34FN3O3. The molecule has 1 heterocycles. The van der Waals surface area contributed by atoms with E-state index >= 15 is 0 Å². The van der Waals surface area contributed by atoms with Gasteiger partial charge in [0.15, 0.2) is 0 Å². The summed E-state index contributed by atoms with van der Waals surface area (Å²) in [6.45, 7) is 6.30. The first-order chi connectivity index (χ1) is 15.2. The van der Waals surface area contributed by atoms with Gasteiger partial charge in [-0.1, -0.05) is 6.07 Å². The average molecular weight is 444 g/mol. The van der Waals surface area contributed by atoms with E-state index in [-0.39, 0.29) is 12.1 Å². The van der Waals surface area contributed by atoms with E-state index in [1.54, 1.807) is 18.1 Å². The Balaban J connectivity index is 1.57. The van der Waals surface area contributed by atoms with Crippen LogP contribution in [0.5, 0.6) is 5.75 Å². The summed E-state index contributed by atoms with van der Waals surface area (Å²) in [6, 6.07) is 9.66. The molecule has 1 saturated carbocycles. The molecular weight excluding hydrogens is 409 g/mol. The Hall–Kier alpha value is -2.67. The molecule has 3 rings (SSSR count). The highest BCUT2D eigenvalue weighted by Gasteiger charge is 2.29.